The zero-order valence-corrected chi connectivity index (χ0v) is 23.7. The molecule has 0 aromatic heterocycles. The predicted molar refractivity (Wildman–Crippen MR) is 165 cm³/mol. The lowest BCUT2D eigenvalue weighted by molar-refractivity contribution is 0.269. The van der Waals surface area contributed by atoms with Crippen LogP contribution < -0.4 is 14.8 Å². The van der Waals surface area contributed by atoms with E-state index < -0.39 is 0 Å². The number of benzene rings is 4. The smallest absolute Gasteiger partial charge is 0.161 e. The van der Waals surface area contributed by atoms with Crippen molar-refractivity contribution in [3.05, 3.63) is 129 Å². The van der Waals surface area contributed by atoms with Gasteiger partial charge in [0, 0.05) is 33.4 Å². The Morgan fingerprint density at radius 1 is 0.925 bits per heavy atom. The number of rotatable bonds is 8. The van der Waals surface area contributed by atoms with Crippen LogP contribution in [0.2, 0.25) is 10.0 Å². The highest BCUT2D eigenvalue weighted by Crippen LogP contribution is 2.49. The molecule has 0 saturated carbocycles. The van der Waals surface area contributed by atoms with Crippen molar-refractivity contribution in [3.8, 4) is 11.5 Å². The van der Waals surface area contributed by atoms with E-state index in [4.69, 9.17) is 37.7 Å². The van der Waals surface area contributed by atoms with Crippen molar-refractivity contribution in [3.63, 3.8) is 0 Å². The standard InChI is InChI=1S/C34H30Cl2N2O2/c1-2-39-33-18-22(10-17-32(33)40-21-24-11-14-25(35)19-30(24)36)20-37-26-15-12-23(13-16-26)34-29-8-5-7-27(29)28-6-3-4-9-31(28)38-34/h3-7,9-20,27,29,34,38H,2,8,21H2,1H3/t27-,29-,34+/m1/s1. The average molecular weight is 570 g/mol. The summed E-state index contributed by atoms with van der Waals surface area (Å²) in [6.45, 7) is 2.79. The maximum absolute atomic E-state index is 6.30. The van der Waals surface area contributed by atoms with Crippen molar-refractivity contribution < 1.29 is 9.47 Å². The van der Waals surface area contributed by atoms with Gasteiger partial charge < -0.3 is 14.8 Å². The minimum absolute atomic E-state index is 0.275. The van der Waals surface area contributed by atoms with Crippen LogP contribution >= 0.6 is 23.2 Å². The lowest BCUT2D eigenvalue weighted by atomic mass is 9.77. The van der Waals surface area contributed by atoms with Crippen molar-refractivity contribution in [2.45, 2.75) is 31.9 Å². The van der Waals surface area contributed by atoms with E-state index in [1.165, 1.54) is 16.8 Å². The molecule has 4 aromatic carbocycles. The molecule has 0 saturated heterocycles. The first-order chi connectivity index (χ1) is 19.6. The topological polar surface area (TPSA) is 42.8 Å². The van der Waals surface area contributed by atoms with Crippen LogP contribution in [0.15, 0.2) is 102 Å². The highest BCUT2D eigenvalue weighted by atomic mass is 35.5. The van der Waals surface area contributed by atoms with E-state index in [9.17, 15) is 0 Å². The highest BCUT2D eigenvalue weighted by molar-refractivity contribution is 6.35. The summed E-state index contributed by atoms with van der Waals surface area (Å²) in [6, 6.07) is 28.7. The van der Waals surface area contributed by atoms with E-state index in [1.54, 1.807) is 12.1 Å². The van der Waals surface area contributed by atoms with Crippen molar-refractivity contribution in [1.29, 1.82) is 0 Å². The summed E-state index contributed by atoms with van der Waals surface area (Å²) in [6.07, 6.45) is 7.63. The molecule has 40 heavy (non-hydrogen) atoms. The molecule has 6 heteroatoms. The second-order valence-corrected chi connectivity index (χ2v) is 10.9. The van der Waals surface area contributed by atoms with Gasteiger partial charge in [0.1, 0.15) is 6.61 Å². The van der Waals surface area contributed by atoms with Gasteiger partial charge in [-0.25, -0.2) is 0 Å². The Labute approximate surface area is 245 Å². The van der Waals surface area contributed by atoms with Crippen LogP contribution in [0.5, 0.6) is 11.5 Å². The second-order valence-electron chi connectivity index (χ2n) is 10.1. The van der Waals surface area contributed by atoms with Crippen LogP contribution in [-0.4, -0.2) is 12.8 Å². The molecule has 202 valence electrons. The molecule has 1 aliphatic heterocycles. The first-order valence-electron chi connectivity index (χ1n) is 13.6. The van der Waals surface area contributed by atoms with Crippen molar-refractivity contribution >= 4 is 40.8 Å². The first kappa shape index (κ1) is 26.5. The van der Waals surface area contributed by atoms with E-state index in [1.807, 2.05) is 37.4 Å². The number of allylic oxidation sites excluding steroid dienone is 2. The summed E-state index contributed by atoms with van der Waals surface area (Å²) in [5, 5.41) is 4.96. The fraction of sp³-hybridized carbons (Fsp3) is 0.206. The van der Waals surface area contributed by atoms with Crippen LogP contribution in [0, 0.1) is 5.92 Å². The molecule has 0 radical (unpaired) electrons. The monoisotopic (exact) mass is 568 g/mol. The zero-order chi connectivity index (χ0) is 27.5. The summed E-state index contributed by atoms with van der Waals surface area (Å²) >= 11 is 12.3. The van der Waals surface area contributed by atoms with Gasteiger partial charge in [-0.1, -0.05) is 71.8 Å². The Kier molecular flexibility index (Phi) is 7.81. The quantitative estimate of drug-likeness (QED) is 0.170. The molecule has 1 aliphatic carbocycles. The molecule has 0 spiro atoms. The minimum atomic E-state index is 0.275. The molecule has 0 amide bonds. The third-order valence-electron chi connectivity index (χ3n) is 7.55. The number of hydrogen-bond acceptors (Lipinski definition) is 4. The average Bonchev–Trinajstić information content (AvgIpc) is 3.47. The van der Waals surface area contributed by atoms with Crippen LogP contribution in [0.1, 0.15) is 47.6 Å². The van der Waals surface area contributed by atoms with Gasteiger partial charge in [0.25, 0.3) is 0 Å². The van der Waals surface area contributed by atoms with E-state index in [2.05, 4.69) is 66.0 Å². The summed E-state index contributed by atoms with van der Waals surface area (Å²) in [4.78, 5) is 4.73. The van der Waals surface area contributed by atoms with Crippen LogP contribution in [0.3, 0.4) is 0 Å². The molecule has 4 nitrogen and oxygen atoms in total. The molecular formula is C34H30Cl2N2O2. The number of fused-ring (bicyclic) bond motifs is 3. The molecule has 1 heterocycles. The zero-order valence-electron chi connectivity index (χ0n) is 22.2. The van der Waals surface area contributed by atoms with E-state index in [0.29, 0.717) is 46.6 Å². The van der Waals surface area contributed by atoms with Gasteiger partial charge in [-0.15, -0.1) is 0 Å². The van der Waals surface area contributed by atoms with Crippen LogP contribution in [0.4, 0.5) is 11.4 Å². The Morgan fingerprint density at radius 3 is 2.60 bits per heavy atom. The van der Waals surface area contributed by atoms with E-state index in [0.717, 1.165) is 23.2 Å². The first-order valence-corrected chi connectivity index (χ1v) is 14.3. The molecule has 6 rings (SSSR count). The Morgan fingerprint density at radius 2 is 1.77 bits per heavy atom. The van der Waals surface area contributed by atoms with E-state index in [-0.39, 0.29) is 6.04 Å². The SMILES string of the molecule is CCOc1cc(C=Nc2ccc([C@@H]3Nc4ccccc4[C@H]4C=CC[C@H]43)cc2)ccc1OCc1ccc(Cl)cc1Cl. The fourth-order valence-corrected chi connectivity index (χ4v) is 6.04. The molecule has 1 N–H and O–H groups in total. The van der Waals surface area contributed by atoms with Gasteiger partial charge in [-0.3, -0.25) is 4.99 Å². The normalized spacial score (nSPS) is 19.2. The second kappa shape index (κ2) is 11.8. The van der Waals surface area contributed by atoms with Crippen molar-refractivity contribution in [2.75, 3.05) is 11.9 Å². The summed E-state index contributed by atoms with van der Waals surface area (Å²) < 4.78 is 11.9. The number of nitrogens with zero attached hydrogens (tertiary/aromatic N) is 1. The number of nitrogens with one attached hydrogen (secondary N) is 1. The molecule has 4 aromatic rings. The third kappa shape index (κ3) is 5.60. The number of hydrogen-bond donors (Lipinski definition) is 1. The summed E-state index contributed by atoms with van der Waals surface area (Å²) in [5.74, 6) is 2.30. The van der Waals surface area contributed by atoms with Gasteiger partial charge in [-0.2, -0.15) is 0 Å². The number of halogens is 2. The number of anilines is 1. The van der Waals surface area contributed by atoms with Gasteiger partial charge in [0.15, 0.2) is 11.5 Å². The van der Waals surface area contributed by atoms with Crippen LogP contribution in [0.25, 0.3) is 0 Å². The third-order valence-corrected chi connectivity index (χ3v) is 8.14. The van der Waals surface area contributed by atoms with Gasteiger partial charge >= 0.3 is 0 Å². The maximum atomic E-state index is 6.30. The molecule has 0 fully saturated rings. The summed E-state index contributed by atoms with van der Waals surface area (Å²) in [5.41, 5.74) is 6.60. The molecular weight excluding hydrogens is 539 g/mol. The van der Waals surface area contributed by atoms with Gasteiger partial charge in [0.2, 0.25) is 0 Å². The molecule has 2 aliphatic rings. The van der Waals surface area contributed by atoms with Gasteiger partial charge in [-0.05, 0) is 84.5 Å². The molecule has 0 unspecified atom stereocenters. The predicted octanol–water partition coefficient (Wildman–Crippen LogP) is 9.55. The summed E-state index contributed by atoms with van der Waals surface area (Å²) in [7, 11) is 0. The van der Waals surface area contributed by atoms with Gasteiger partial charge in [0.05, 0.1) is 18.3 Å². The number of aliphatic imine (C=N–C) groups is 1. The lowest BCUT2D eigenvalue weighted by Crippen LogP contribution is -2.28. The molecule has 0 bridgehead atoms. The Bertz CT molecular complexity index is 1560. The molecule has 3 atom stereocenters. The van der Waals surface area contributed by atoms with Crippen molar-refractivity contribution in [2.24, 2.45) is 10.9 Å². The Balaban J connectivity index is 1.15. The lowest BCUT2D eigenvalue weighted by Gasteiger charge is -2.37. The highest BCUT2D eigenvalue weighted by Gasteiger charge is 2.37. The van der Waals surface area contributed by atoms with Crippen molar-refractivity contribution in [1.82, 2.24) is 0 Å². The fourth-order valence-electron chi connectivity index (χ4n) is 5.58. The number of ether oxygens (including phenoxy) is 2. The Hall–Kier alpha value is -3.73. The largest absolute Gasteiger partial charge is 0.490 e. The van der Waals surface area contributed by atoms with E-state index >= 15 is 0 Å². The van der Waals surface area contributed by atoms with Crippen LogP contribution in [-0.2, 0) is 6.61 Å². The minimum Gasteiger partial charge on any atom is -0.490 e. The maximum Gasteiger partial charge on any atom is 0.161 e. The number of para-hydroxylation sites is 1.